The molecule has 158 valence electrons. The van der Waals surface area contributed by atoms with E-state index in [1.807, 2.05) is 13.0 Å². The highest BCUT2D eigenvalue weighted by Crippen LogP contribution is 2.38. The van der Waals surface area contributed by atoms with E-state index in [-0.39, 0.29) is 11.9 Å². The first kappa shape index (κ1) is 20.0. The van der Waals surface area contributed by atoms with Gasteiger partial charge in [-0.05, 0) is 24.2 Å². The molecule has 0 aliphatic carbocycles. The number of nitrogens with zero attached hydrogens (tertiary/aromatic N) is 6. The fourth-order valence-corrected chi connectivity index (χ4v) is 4.73. The third-order valence-corrected chi connectivity index (χ3v) is 6.31. The SMILES string of the molecule is CCc1[nH]c2nc(Sc3cnc4nccnc4c3)nc(N3CC(NC(C)=O)C3)c2c1Cl. The standard InChI is InChI=1S/C20H19ClN8OS/c1-3-13-16(21)15-18(26-13)27-20(28-19(15)29-8-11(9-29)25-10(2)30)31-12-6-14-17(24-7-12)23-5-4-22-14/h4-7,11H,3,8-9H2,1-2H3,(H,25,30)(H,26,27,28). The van der Waals surface area contributed by atoms with E-state index in [0.717, 1.165) is 28.2 Å². The van der Waals surface area contributed by atoms with Crippen molar-refractivity contribution in [1.82, 2.24) is 35.2 Å². The Labute approximate surface area is 187 Å². The number of pyridine rings is 1. The number of amides is 1. The molecule has 9 nitrogen and oxygen atoms in total. The second-order valence-corrected chi connectivity index (χ2v) is 8.72. The number of rotatable bonds is 5. The van der Waals surface area contributed by atoms with Crippen LogP contribution in [0.2, 0.25) is 5.02 Å². The summed E-state index contributed by atoms with van der Waals surface area (Å²) in [4.78, 5) is 40.1. The maximum absolute atomic E-state index is 11.3. The number of nitrogens with one attached hydrogen (secondary N) is 2. The summed E-state index contributed by atoms with van der Waals surface area (Å²) in [6, 6.07) is 2.02. The number of aryl methyl sites for hydroxylation is 1. The van der Waals surface area contributed by atoms with Crippen molar-refractivity contribution in [2.24, 2.45) is 0 Å². The highest BCUT2D eigenvalue weighted by molar-refractivity contribution is 7.99. The van der Waals surface area contributed by atoms with Crippen LogP contribution in [-0.4, -0.2) is 54.9 Å². The Kier molecular flexibility index (Phi) is 5.11. The van der Waals surface area contributed by atoms with Crippen molar-refractivity contribution in [3.8, 4) is 0 Å². The fourth-order valence-electron chi connectivity index (χ4n) is 3.62. The molecule has 0 saturated carbocycles. The fraction of sp³-hybridized carbons (Fsp3) is 0.300. The second-order valence-electron chi connectivity index (χ2n) is 7.30. The zero-order valence-corrected chi connectivity index (χ0v) is 18.5. The number of carbonyl (C=O) groups excluding carboxylic acids is 1. The van der Waals surface area contributed by atoms with Gasteiger partial charge in [-0.25, -0.2) is 19.9 Å². The summed E-state index contributed by atoms with van der Waals surface area (Å²) in [5.41, 5.74) is 2.94. The number of fused-ring (bicyclic) bond motifs is 2. The number of aromatic amines is 1. The summed E-state index contributed by atoms with van der Waals surface area (Å²) in [5, 5.41) is 4.98. The highest BCUT2D eigenvalue weighted by atomic mass is 35.5. The molecule has 11 heteroatoms. The van der Waals surface area contributed by atoms with Gasteiger partial charge in [-0.2, -0.15) is 0 Å². The second kappa shape index (κ2) is 7.93. The molecule has 0 unspecified atom stereocenters. The predicted molar refractivity (Wildman–Crippen MR) is 120 cm³/mol. The van der Waals surface area contributed by atoms with E-state index in [2.05, 4.69) is 30.2 Å². The van der Waals surface area contributed by atoms with Crippen LogP contribution in [0.15, 0.2) is 34.7 Å². The summed E-state index contributed by atoms with van der Waals surface area (Å²) in [7, 11) is 0. The topological polar surface area (TPSA) is 113 Å². The molecule has 1 aliphatic heterocycles. The summed E-state index contributed by atoms with van der Waals surface area (Å²) in [6.45, 7) is 4.91. The highest BCUT2D eigenvalue weighted by Gasteiger charge is 2.31. The van der Waals surface area contributed by atoms with Crippen LogP contribution in [0.25, 0.3) is 22.2 Å². The zero-order chi connectivity index (χ0) is 21.5. The van der Waals surface area contributed by atoms with Gasteiger partial charge in [-0.3, -0.25) is 9.78 Å². The molecule has 1 amide bonds. The van der Waals surface area contributed by atoms with Crippen molar-refractivity contribution in [3.05, 3.63) is 35.4 Å². The van der Waals surface area contributed by atoms with Crippen LogP contribution in [0.3, 0.4) is 0 Å². The van der Waals surface area contributed by atoms with Crippen LogP contribution >= 0.6 is 23.4 Å². The number of halogens is 1. The largest absolute Gasteiger partial charge is 0.352 e. The van der Waals surface area contributed by atoms with Crippen LogP contribution in [0.1, 0.15) is 19.5 Å². The molecule has 0 radical (unpaired) electrons. The Morgan fingerprint density at radius 3 is 2.87 bits per heavy atom. The average molecular weight is 455 g/mol. The van der Waals surface area contributed by atoms with Gasteiger partial charge >= 0.3 is 0 Å². The molecule has 2 N–H and O–H groups in total. The van der Waals surface area contributed by atoms with E-state index in [0.29, 0.717) is 40.1 Å². The molecule has 4 aromatic rings. The maximum Gasteiger partial charge on any atom is 0.217 e. The van der Waals surface area contributed by atoms with Crippen molar-refractivity contribution >= 4 is 57.3 Å². The molecule has 1 fully saturated rings. The first-order valence-corrected chi connectivity index (χ1v) is 11.1. The number of carbonyl (C=O) groups is 1. The molecular weight excluding hydrogens is 436 g/mol. The van der Waals surface area contributed by atoms with Gasteiger partial charge in [0, 0.05) is 49.2 Å². The number of aromatic nitrogens is 6. The molecule has 5 heterocycles. The minimum absolute atomic E-state index is 0.0337. The van der Waals surface area contributed by atoms with Gasteiger partial charge in [0.25, 0.3) is 0 Å². The summed E-state index contributed by atoms with van der Waals surface area (Å²) < 4.78 is 0. The number of H-pyrrole nitrogens is 1. The minimum atomic E-state index is -0.0337. The lowest BCUT2D eigenvalue weighted by Crippen LogP contribution is -2.59. The predicted octanol–water partition coefficient (Wildman–Crippen LogP) is 2.99. The van der Waals surface area contributed by atoms with E-state index in [4.69, 9.17) is 21.6 Å². The van der Waals surface area contributed by atoms with Gasteiger partial charge in [0.2, 0.25) is 5.91 Å². The zero-order valence-electron chi connectivity index (χ0n) is 16.9. The van der Waals surface area contributed by atoms with Crippen LogP contribution in [0.5, 0.6) is 0 Å². The lowest BCUT2D eigenvalue weighted by Gasteiger charge is -2.40. The van der Waals surface area contributed by atoms with Gasteiger partial charge in [-0.15, -0.1) is 0 Å². The van der Waals surface area contributed by atoms with Crippen LogP contribution in [0.4, 0.5) is 5.82 Å². The molecule has 31 heavy (non-hydrogen) atoms. The van der Waals surface area contributed by atoms with Crippen molar-refractivity contribution in [3.63, 3.8) is 0 Å². The summed E-state index contributed by atoms with van der Waals surface area (Å²) in [6.07, 6.45) is 5.76. The smallest absolute Gasteiger partial charge is 0.217 e. The van der Waals surface area contributed by atoms with E-state index in [1.54, 1.807) is 18.6 Å². The molecule has 0 aromatic carbocycles. The summed E-state index contributed by atoms with van der Waals surface area (Å²) in [5.74, 6) is 0.733. The van der Waals surface area contributed by atoms with Gasteiger partial charge in [0.1, 0.15) is 17.0 Å². The molecule has 5 rings (SSSR count). The Bertz CT molecular complexity index is 1300. The van der Waals surface area contributed by atoms with Crippen molar-refractivity contribution < 1.29 is 4.79 Å². The van der Waals surface area contributed by atoms with Crippen LogP contribution in [-0.2, 0) is 11.2 Å². The van der Waals surface area contributed by atoms with Crippen LogP contribution in [0, 0.1) is 0 Å². The van der Waals surface area contributed by atoms with Gasteiger partial charge in [0.15, 0.2) is 10.8 Å². The Morgan fingerprint density at radius 2 is 2.10 bits per heavy atom. The van der Waals surface area contributed by atoms with Gasteiger partial charge in [0.05, 0.1) is 16.5 Å². The third kappa shape index (κ3) is 3.77. The number of hydrogen-bond acceptors (Lipinski definition) is 8. The minimum Gasteiger partial charge on any atom is -0.352 e. The molecule has 4 aromatic heterocycles. The third-order valence-electron chi connectivity index (χ3n) is 5.07. The first-order chi connectivity index (χ1) is 15.0. The van der Waals surface area contributed by atoms with Crippen LogP contribution < -0.4 is 10.2 Å². The molecule has 1 aliphatic rings. The molecule has 1 saturated heterocycles. The lowest BCUT2D eigenvalue weighted by atomic mass is 10.1. The Morgan fingerprint density at radius 1 is 1.29 bits per heavy atom. The average Bonchev–Trinajstić information content (AvgIpc) is 3.05. The normalized spacial score (nSPS) is 14.2. The Balaban J connectivity index is 1.51. The van der Waals surface area contributed by atoms with Gasteiger partial charge < -0.3 is 15.2 Å². The number of anilines is 1. The van der Waals surface area contributed by atoms with Crippen molar-refractivity contribution in [2.45, 2.75) is 36.4 Å². The maximum atomic E-state index is 11.3. The molecule has 0 atom stereocenters. The monoisotopic (exact) mass is 454 g/mol. The van der Waals surface area contributed by atoms with E-state index < -0.39 is 0 Å². The van der Waals surface area contributed by atoms with Crippen molar-refractivity contribution in [2.75, 3.05) is 18.0 Å². The Hall–Kier alpha value is -2.98. The number of hydrogen-bond donors (Lipinski definition) is 2. The van der Waals surface area contributed by atoms with Gasteiger partial charge in [-0.1, -0.05) is 18.5 Å². The molecule has 0 spiro atoms. The summed E-state index contributed by atoms with van der Waals surface area (Å²) >= 11 is 8.05. The van der Waals surface area contributed by atoms with E-state index in [1.165, 1.54) is 18.7 Å². The van der Waals surface area contributed by atoms with Crippen molar-refractivity contribution in [1.29, 1.82) is 0 Å². The molecular formula is C20H19ClN8OS. The molecule has 0 bridgehead atoms. The lowest BCUT2D eigenvalue weighted by molar-refractivity contribution is -0.119. The van der Waals surface area contributed by atoms with E-state index in [9.17, 15) is 4.79 Å². The first-order valence-electron chi connectivity index (χ1n) is 9.86. The quantitative estimate of drug-likeness (QED) is 0.442. The van der Waals surface area contributed by atoms with E-state index >= 15 is 0 Å².